The molecule has 0 spiro atoms. The van der Waals surface area contributed by atoms with Crippen molar-refractivity contribution in [1.82, 2.24) is 15.2 Å². The number of hydrogen-bond acceptors (Lipinski definition) is 8. The van der Waals surface area contributed by atoms with Crippen LogP contribution < -0.4 is 5.32 Å². The number of benzene rings is 1. The van der Waals surface area contributed by atoms with Crippen LogP contribution in [0.4, 0.5) is 13.2 Å². The van der Waals surface area contributed by atoms with Gasteiger partial charge in [0.2, 0.25) is 0 Å². The van der Waals surface area contributed by atoms with Crippen LogP contribution in [0.3, 0.4) is 0 Å². The molecule has 1 fully saturated rings. The van der Waals surface area contributed by atoms with Crippen LogP contribution in [0.15, 0.2) is 50.5 Å². The summed E-state index contributed by atoms with van der Waals surface area (Å²) in [7, 11) is 0. The Morgan fingerprint density at radius 3 is 2.82 bits per heavy atom. The Hall–Kier alpha value is -2.77. The Morgan fingerprint density at radius 1 is 1.37 bits per heavy atom. The number of aliphatic carboxylic acids is 1. The van der Waals surface area contributed by atoms with Gasteiger partial charge in [0.15, 0.2) is 10.8 Å². The van der Waals surface area contributed by atoms with E-state index in [2.05, 4.69) is 26.2 Å². The monoisotopic (exact) mass is 614 g/mol. The predicted molar refractivity (Wildman–Crippen MR) is 139 cm³/mol. The average Bonchev–Trinajstić information content (AvgIpc) is 3.38. The number of nitrogens with one attached hydrogen (secondary N) is 1. The number of ether oxygens (including phenoxy) is 1. The maximum absolute atomic E-state index is 14.5. The molecule has 2 unspecified atom stereocenters. The summed E-state index contributed by atoms with van der Waals surface area (Å²) in [4.78, 5) is 35.0. The Labute approximate surface area is 229 Å². The highest BCUT2D eigenvalue weighted by Crippen LogP contribution is 2.38. The van der Waals surface area contributed by atoms with Gasteiger partial charge in [-0.15, -0.1) is 11.3 Å². The molecule has 2 aliphatic rings. The number of piperidine rings is 1. The Kier molecular flexibility index (Phi) is 8.89. The van der Waals surface area contributed by atoms with Gasteiger partial charge in [-0.25, -0.2) is 22.9 Å². The fraction of sp³-hybridized carbons (Fsp3) is 0.440. The summed E-state index contributed by atoms with van der Waals surface area (Å²) >= 11 is 4.66. The molecule has 2 atom stereocenters. The van der Waals surface area contributed by atoms with Crippen molar-refractivity contribution >= 4 is 45.0 Å². The van der Waals surface area contributed by atoms with Crippen molar-refractivity contribution in [3.63, 3.8) is 0 Å². The molecule has 4 rings (SSSR count). The zero-order chi connectivity index (χ0) is 27.4. The molecule has 1 aromatic heterocycles. The quantitative estimate of drug-likeness (QED) is 0.386. The predicted octanol–water partition coefficient (Wildman–Crippen LogP) is 4.92. The lowest BCUT2D eigenvalue weighted by Crippen LogP contribution is -2.51. The van der Waals surface area contributed by atoms with Crippen molar-refractivity contribution in [3.05, 3.63) is 61.9 Å². The van der Waals surface area contributed by atoms with Crippen molar-refractivity contribution in [3.8, 4) is 0 Å². The van der Waals surface area contributed by atoms with E-state index in [0.29, 0.717) is 26.6 Å². The number of esters is 1. The maximum Gasteiger partial charge on any atom is 0.338 e. The zero-order valence-corrected chi connectivity index (χ0v) is 22.8. The first-order valence-electron chi connectivity index (χ1n) is 12.0. The van der Waals surface area contributed by atoms with E-state index in [1.165, 1.54) is 34.4 Å². The van der Waals surface area contributed by atoms with Crippen LogP contribution >= 0.6 is 27.3 Å². The molecule has 2 N–H and O–H groups in total. The van der Waals surface area contributed by atoms with E-state index in [-0.39, 0.29) is 44.4 Å². The third-order valence-electron chi connectivity index (χ3n) is 6.36. The summed E-state index contributed by atoms with van der Waals surface area (Å²) in [6.07, 6.45) is 1.38. The van der Waals surface area contributed by atoms with E-state index in [1.807, 2.05) is 0 Å². The van der Waals surface area contributed by atoms with Gasteiger partial charge in [-0.2, -0.15) is 0 Å². The number of carbonyl (C=O) groups is 2. The van der Waals surface area contributed by atoms with Gasteiger partial charge in [-0.05, 0) is 37.5 Å². The van der Waals surface area contributed by atoms with Crippen LogP contribution in [0.25, 0.3) is 0 Å². The summed E-state index contributed by atoms with van der Waals surface area (Å²) < 4.78 is 48.7. The normalized spacial score (nSPS) is 21.6. The maximum atomic E-state index is 14.5. The summed E-state index contributed by atoms with van der Waals surface area (Å²) in [5.74, 6) is -4.83. The Bertz CT molecular complexity index is 1260. The molecule has 1 saturated heterocycles. The first-order valence-corrected chi connectivity index (χ1v) is 13.7. The first-order chi connectivity index (χ1) is 18.1. The van der Waals surface area contributed by atoms with Gasteiger partial charge in [0.25, 0.3) is 5.92 Å². The molecule has 0 saturated carbocycles. The standard InChI is InChI=1S/C25H26BrF3N4O4S/c1-2-37-24(36)20-18(12-33-13-25(28,29)8-7-15(33)4-6-19(34)35)31-22(23-30-9-10-38-23)32-21(20)16-5-3-14(27)11-17(16)26/h3,5,9-11,15,21H,2,4,6-8,12-13H2,1H3,(H,31,32)(H,34,35). The number of halogens is 4. The first kappa shape index (κ1) is 28.2. The highest BCUT2D eigenvalue weighted by Gasteiger charge is 2.42. The second-order valence-electron chi connectivity index (χ2n) is 9.01. The van der Waals surface area contributed by atoms with Gasteiger partial charge in [0.05, 0.1) is 18.7 Å². The van der Waals surface area contributed by atoms with Crippen LogP contribution in [0.5, 0.6) is 0 Å². The molecule has 2 aliphatic heterocycles. The van der Waals surface area contributed by atoms with Crippen molar-refractivity contribution in [2.24, 2.45) is 4.99 Å². The van der Waals surface area contributed by atoms with Crippen LogP contribution in [-0.2, 0) is 14.3 Å². The molecule has 0 radical (unpaired) electrons. The van der Waals surface area contributed by atoms with Crippen LogP contribution in [0.2, 0.25) is 0 Å². The van der Waals surface area contributed by atoms with Crippen molar-refractivity contribution in [1.29, 1.82) is 0 Å². The summed E-state index contributed by atoms with van der Waals surface area (Å²) in [6, 6.07) is 2.63. The minimum atomic E-state index is -2.97. The van der Waals surface area contributed by atoms with Gasteiger partial charge >= 0.3 is 11.9 Å². The van der Waals surface area contributed by atoms with E-state index in [4.69, 9.17) is 9.73 Å². The average molecular weight is 615 g/mol. The Morgan fingerprint density at radius 2 is 2.16 bits per heavy atom. The second-order valence-corrected chi connectivity index (χ2v) is 10.8. The minimum absolute atomic E-state index is 0.0684. The van der Waals surface area contributed by atoms with Gasteiger partial charge in [0.1, 0.15) is 11.9 Å². The highest BCUT2D eigenvalue weighted by atomic mass is 79.9. The number of carboxylic acid groups (broad SMARTS) is 1. The van der Waals surface area contributed by atoms with Crippen LogP contribution in [-0.4, -0.2) is 64.4 Å². The zero-order valence-electron chi connectivity index (χ0n) is 20.4. The number of carbonyl (C=O) groups excluding carboxylic acids is 1. The van der Waals surface area contributed by atoms with Gasteiger partial charge in [-0.3, -0.25) is 14.7 Å². The second kappa shape index (κ2) is 12.0. The smallest absolute Gasteiger partial charge is 0.338 e. The van der Waals surface area contributed by atoms with Crippen LogP contribution in [0.1, 0.15) is 49.2 Å². The molecule has 0 amide bonds. The lowest BCUT2D eigenvalue weighted by atomic mass is 9.92. The molecule has 38 heavy (non-hydrogen) atoms. The highest BCUT2D eigenvalue weighted by molar-refractivity contribution is 9.10. The Balaban J connectivity index is 1.81. The number of thiazole rings is 1. The fourth-order valence-corrected chi connectivity index (χ4v) is 5.79. The molecule has 1 aromatic carbocycles. The van der Waals surface area contributed by atoms with E-state index in [0.717, 1.165) is 0 Å². The summed E-state index contributed by atoms with van der Waals surface area (Å²) in [6.45, 7) is 1.02. The summed E-state index contributed by atoms with van der Waals surface area (Å²) in [5, 5.41) is 14.6. The number of nitrogens with zero attached hydrogens (tertiary/aromatic N) is 3. The van der Waals surface area contributed by atoms with Gasteiger partial charge < -0.3 is 15.2 Å². The van der Waals surface area contributed by atoms with E-state index < -0.39 is 42.3 Å². The summed E-state index contributed by atoms with van der Waals surface area (Å²) in [5.41, 5.74) is 0.877. The lowest BCUT2D eigenvalue weighted by Gasteiger charge is -2.41. The lowest BCUT2D eigenvalue weighted by molar-refractivity contribution is -0.139. The molecular weight excluding hydrogens is 589 g/mol. The molecule has 8 nitrogen and oxygen atoms in total. The number of aromatic nitrogens is 1. The fourth-order valence-electron chi connectivity index (χ4n) is 4.64. The number of carboxylic acids is 1. The molecule has 2 aromatic rings. The number of hydrogen-bond donors (Lipinski definition) is 2. The van der Waals surface area contributed by atoms with Crippen LogP contribution in [0, 0.1) is 5.82 Å². The largest absolute Gasteiger partial charge is 0.481 e. The van der Waals surface area contributed by atoms with E-state index in [1.54, 1.807) is 18.5 Å². The van der Waals surface area contributed by atoms with Crippen molar-refractivity contribution in [2.45, 2.75) is 50.6 Å². The topological polar surface area (TPSA) is 104 Å². The van der Waals surface area contributed by atoms with Crippen molar-refractivity contribution in [2.75, 3.05) is 19.7 Å². The molecule has 204 valence electrons. The van der Waals surface area contributed by atoms with Gasteiger partial charge in [-0.1, -0.05) is 22.0 Å². The molecule has 0 aliphatic carbocycles. The molecule has 13 heteroatoms. The number of alkyl halides is 2. The number of amidine groups is 1. The molecule has 3 heterocycles. The van der Waals surface area contributed by atoms with Crippen molar-refractivity contribution < 1.29 is 32.6 Å². The third kappa shape index (κ3) is 6.62. The number of likely N-dealkylation sites (tertiary alicyclic amines) is 1. The number of rotatable bonds is 9. The minimum Gasteiger partial charge on any atom is -0.481 e. The van der Waals surface area contributed by atoms with Gasteiger partial charge in [0, 0.05) is 47.2 Å². The molecular formula is C25H26BrF3N4O4S. The molecule has 0 bridgehead atoms. The SMILES string of the molecule is CCOC(=O)C1=C(CN2CC(F)(F)CCC2CCC(=O)O)NC(c2nccs2)=NC1c1ccc(F)cc1Br. The third-order valence-corrected chi connectivity index (χ3v) is 7.83. The van der Waals surface area contributed by atoms with E-state index in [9.17, 15) is 27.9 Å². The number of aliphatic imine (C=N–C) groups is 1. The van der Waals surface area contributed by atoms with E-state index >= 15 is 0 Å².